The Morgan fingerprint density at radius 1 is 1.28 bits per heavy atom. The number of carbonyl (C=O) groups excluding carboxylic acids is 2. The Kier molecular flexibility index (Phi) is 3.98. The highest BCUT2D eigenvalue weighted by molar-refractivity contribution is 6.03. The molecule has 94 valence electrons. The predicted molar refractivity (Wildman–Crippen MR) is 55.3 cm³/mol. The maximum Gasteiger partial charge on any atom is 0.292 e. The lowest BCUT2D eigenvalue weighted by molar-refractivity contribution is -0.384. The first kappa shape index (κ1) is 13.2. The molecule has 8 heteroatoms. The molecule has 0 aliphatic carbocycles. The van der Waals surface area contributed by atoms with Gasteiger partial charge in [-0.25, -0.2) is 0 Å². The fraction of sp³-hybridized carbons (Fsp3) is 0. The van der Waals surface area contributed by atoms with Crippen LogP contribution < -0.4 is 15.5 Å². The van der Waals surface area contributed by atoms with E-state index in [4.69, 9.17) is 0 Å². The Balaban J connectivity index is 2.96. The van der Waals surface area contributed by atoms with Crippen LogP contribution in [0.25, 0.3) is 0 Å². The van der Waals surface area contributed by atoms with Crippen molar-refractivity contribution in [2.24, 2.45) is 0 Å². The van der Waals surface area contributed by atoms with Gasteiger partial charge in [0.25, 0.3) is 5.69 Å². The van der Waals surface area contributed by atoms with E-state index in [-0.39, 0.29) is 5.69 Å². The zero-order valence-electron chi connectivity index (χ0n) is 8.78. The first-order valence-electron chi connectivity index (χ1n) is 4.55. The second-order valence-electron chi connectivity index (χ2n) is 3.08. The molecule has 1 N–H and O–H groups in total. The predicted octanol–water partition coefficient (Wildman–Crippen LogP) is -1.09. The Bertz CT molecular complexity index is 537. The van der Waals surface area contributed by atoms with Gasteiger partial charge < -0.3 is 20.3 Å². The van der Waals surface area contributed by atoms with Crippen molar-refractivity contribution in [1.82, 2.24) is 0 Å². The van der Waals surface area contributed by atoms with E-state index in [0.29, 0.717) is 12.2 Å². The number of aliphatic carboxylic acids is 1. The molecule has 0 fully saturated rings. The molecule has 0 radical (unpaired) electrons. The standard InChI is InChI=1S/C10H8N2O6/c13-6-1-2-8(12(17)18)7(5-6)11-9(14)3-4-10(15)16/h1-5,13H,(H,11,14)(H,15,16)/p-2. The lowest BCUT2D eigenvalue weighted by Gasteiger charge is -2.09. The second kappa shape index (κ2) is 5.43. The zero-order valence-corrected chi connectivity index (χ0v) is 8.78. The fourth-order valence-corrected chi connectivity index (χ4v) is 1.09. The van der Waals surface area contributed by atoms with E-state index < -0.39 is 28.2 Å². The molecule has 0 atom stereocenters. The number of nitro groups is 1. The maximum atomic E-state index is 11.2. The molecule has 8 nitrogen and oxygen atoms in total. The number of carboxylic acids is 1. The normalized spacial score (nSPS) is 10.2. The minimum atomic E-state index is -1.59. The van der Waals surface area contributed by atoms with E-state index in [0.717, 1.165) is 18.2 Å². The molecular weight excluding hydrogens is 244 g/mol. The number of benzene rings is 1. The van der Waals surface area contributed by atoms with Crippen LogP contribution in [0.3, 0.4) is 0 Å². The topological polar surface area (TPSA) is 135 Å². The summed E-state index contributed by atoms with van der Waals surface area (Å²) >= 11 is 0. The third kappa shape index (κ3) is 3.59. The molecule has 0 heterocycles. The molecule has 0 bridgehead atoms. The van der Waals surface area contributed by atoms with E-state index in [1.54, 1.807) is 0 Å². The molecule has 0 saturated heterocycles. The van der Waals surface area contributed by atoms with Gasteiger partial charge in [0.05, 0.1) is 10.9 Å². The monoisotopic (exact) mass is 250 g/mol. The van der Waals surface area contributed by atoms with E-state index in [1.165, 1.54) is 0 Å². The third-order valence-electron chi connectivity index (χ3n) is 1.79. The number of nitrogens with zero attached hydrogens (tertiary/aromatic N) is 1. The van der Waals surface area contributed by atoms with Crippen LogP contribution in [0, 0.1) is 10.1 Å². The molecule has 0 spiro atoms. The van der Waals surface area contributed by atoms with Crippen molar-refractivity contribution in [2.45, 2.75) is 0 Å². The molecule has 0 aliphatic rings. The second-order valence-corrected chi connectivity index (χ2v) is 3.08. The van der Waals surface area contributed by atoms with Gasteiger partial charge in [0, 0.05) is 12.1 Å². The number of rotatable bonds is 4. The van der Waals surface area contributed by atoms with Crippen molar-refractivity contribution in [1.29, 1.82) is 0 Å². The number of carboxylic acid groups (broad SMARTS) is 1. The summed E-state index contributed by atoms with van der Waals surface area (Å²) in [6, 6.07) is 2.79. The molecule has 18 heavy (non-hydrogen) atoms. The summed E-state index contributed by atoms with van der Waals surface area (Å²) in [5.41, 5.74) is -0.773. The number of nitrogens with one attached hydrogen (secondary N) is 1. The summed E-state index contributed by atoms with van der Waals surface area (Å²) in [4.78, 5) is 31.1. The summed E-state index contributed by atoms with van der Waals surface area (Å²) in [6.07, 6.45) is 1.08. The van der Waals surface area contributed by atoms with Gasteiger partial charge in [-0.15, -0.1) is 5.75 Å². The van der Waals surface area contributed by atoms with Crippen molar-refractivity contribution in [2.75, 3.05) is 5.32 Å². The summed E-state index contributed by atoms with van der Waals surface area (Å²) in [7, 11) is 0. The summed E-state index contributed by atoms with van der Waals surface area (Å²) in [5.74, 6) is -3.04. The van der Waals surface area contributed by atoms with E-state index in [2.05, 4.69) is 0 Å². The smallest absolute Gasteiger partial charge is 0.292 e. The molecule has 1 aromatic carbocycles. The summed E-state index contributed by atoms with van der Waals surface area (Å²) in [6.45, 7) is 0. The SMILES string of the molecule is O=C([O-])C=CC(=O)Nc1cc([O-])ccc1[N+](=O)[O-]. The van der Waals surface area contributed by atoms with Gasteiger partial charge in [0.1, 0.15) is 5.69 Å². The minimum absolute atomic E-state index is 0.305. The van der Waals surface area contributed by atoms with Crippen molar-refractivity contribution in [3.05, 3.63) is 40.5 Å². The Morgan fingerprint density at radius 3 is 2.50 bits per heavy atom. The average molecular weight is 250 g/mol. The molecule has 0 unspecified atom stereocenters. The molecule has 0 aromatic heterocycles. The highest BCUT2D eigenvalue weighted by Crippen LogP contribution is 2.26. The van der Waals surface area contributed by atoms with Gasteiger partial charge in [-0.2, -0.15) is 0 Å². The van der Waals surface area contributed by atoms with Crippen molar-refractivity contribution >= 4 is 23.3 Å². The Morgan fingerprint density at radius 2 is 1.94 bits per heavy atom. The molecular formula is C10H6N2O6-2. The largest absolute Gasteiger partial charge is 0.872 e. The van der Waals surface area contributed by atoms with Crippen molar-refractivity contribution in [3.8, 4) is 5.75 Å². The van der Waals surface area contributed by atoms with Crippen LogP contribution in [0.1, 0.15) is 0 Å². The van der Waals surface area contributed by atoms with E-state index in [1.807, 2.05) is 5.32 Å². The van der Waals surface area contributed by atoms with E-state index in [9.17, 15) is 29.9 Å². The minimum Gasteiger partial charge on any atom is -0.872 e. The average Bonchev–Trinajstić information content (AvgIpc) is 2.26. The number of nitro benzene ring substituents is 1. The van der Waals surface area contributed by atoms with Gasteiger partial charge in [-0.1, -0.05) is 6.07 Å². The summed E-state index contributed by atoms with van der Waals surface area (Å²) in [5, 5.41) is 33.7. The highest BCUT2D eigenvalue weighted by Gasteiger charge is 2.13. The fourth-order valence-electron chi connectivity index (χ4n) is 1.09. The van der Waals surface area contributed by atoms with Crippen LogP contribution in [0.15, 0.2) is 30.4 Å². The zero-order chi connectivity index (χ0) is 13.7. The number of hydrogen-bond donors (Lipinski definition) is 1. The number of carbonyl (C=O) groups is 2. The van der Waals surface area contributed by atoms with Crippen LogP contribution in [-0.2, 0) is 9.59 Å². The molecule has 1 amide bonds. The molecule has 1 rings (SSSR count). The van der Waals surface area contributed by atoms with E-state index >= 15 is 0 Å². The van der Waals surface area contributed by atoms with Crippen molar-refractivity contribution in [3.63, 3.8) is 0 Å². The van der Waals surface area contributed by atoms with Crippen LogP contribution in [0.5, 0.6) is 5.75 Å². The maximum absolute atomic E-state index is 11.2. The number of hydrogen-bond acceptors (Lipinski definition) is 6. The van der Waals surface area contributed by atoms with Gasteiger partial charge in [0.15, 0.2) is 0 Å². The van der Waals surface area contributed by atoms with Gasteiger partial charge in [-0.3, -0.25) is 14.9 Å². The van der Waals surface area contributed by atoms with Gasteiger partial charge in [0.2, 0.25) is 5.91 Å². The molecule has 0 saturated carbocycles. The number of anilines is 1. The summed E-state index contributed by atoms with van der Waals surface area (Å²) < 4.78 is 0. The van der Waals surface area contributed by atoms with Crippen LogP contribution >= 0.6 is 0 Å². The van der Waals surface area contributed by atoms with Crippen LogP contribution in [0.4, 0.5) is 11.4 Å². The first-order valence-corrected chi connectivity index (χ1v) is 4.55. The van der Waals surface area contributed by atoms with Crippen LogP contribution in [0.2, 0.25) is 0 Å². The lowest BCUT2D eigenvalue weighted by atomic mass is 10.2. The quantitative estimate of drug-likeness (QED) is 0.409. The molecule has 0 aliphatic heterocycles. The Labute approximate surface area is 100 Å². The third-order valence-corrected chi connectivity index (χ3v) is 1.79. The van der Waals surface area contributed by atoms with Crippen molar-refractivity contribution < 1.29 is 24.7 Å². The van der Waals surface area contributed by atoms with Gasteiger partial charge in [-0.05, 0) is 12.1 Å². The first-order chi connectivity index (χ1) is 8.40. The number of amides is 1. The van der Waals surface area contributed by atoms with Crippen LogP contribution in [-0.4, -0.2) is 16.8 Å². The molecule has 1 aromatic rings. The lowest BCUT2D eigenvalue weighted by Crippen LogP contribution is -2.20. The Hall–Kier alpha value is -2.90. The van der Waals surface area contributed by atoms with Gasteiger partial charge >= 0.3 is 0 Å². The highest BCUT2D eigenvalue weighted by atomic mass is 16.6.